The van der Waals surface area contributed by atoms with E-state index in [2.05, 4.69) is 44.8 Å². The molecule has 2 aliphatic rings. The summed E-state index contributed by atoms with van der Waals surface area (Å²) < 4.78 is 0. The fraction of sp³-hybridized carbons (Fsp3) is 1.00. The summed E-state index contributed by atoms with van der Waals surface area (Å²) in [5.74, 6) is 1.80. The molecule has 2 fully saturated rings. The van der Waals surface area contributed by atoms with Gasteiger partial charge in [-0.15, -0.1) is 0 Å². The maximum absolute atomic E-state index is 3.70. The monoisotopic (exact) mass is 238 g/mol. The standard InChI is InChI=1S/C15H30N2/c1-11-6-7-13(12(11)2)17-9-8-16-14(10-17)15(3,4)5/h11-14,16H,6-10H2,1-5H3. The van der Waals surface area contributed by atoms with Gasteiger partial charge in [-0.25, -0.2) is 0 Å². The SMILES string of the molecule is CC1CCC(N2CCNC(C(C)(C)C)C2)C1C. The predicted octanol–water partition coefficient (Wildman–Crippen LogP) is 2.74. The van der Waals surface area contributed by atoms with E-state index in [1.807, 2.05) is 0 Å². The average molecular weight is 238 g/mol. The van der Waals surface area contributed by atoms with Gasteiger partial charge in [-0.2, -0.15) is 0 Å². The number of rotatable bonds is 1. The minimum Gasteiger partial charge on any atom is -0.311 e. The summed E-state index contributed by atoms with van der Waals surface area (Å²) in [5, 5.41) is 3.70. The molecule has 0 aromatic heterocycles. The van der Waals surface area contributed by atoms with Crippen molar-refractivity contribution in [3.05, 3.63) is 0 Å². The fourth-order valence-electron chi connectivity index (χ4n) is 3.51. The van der Waals surface area contributed by atoms with Gasteiger partial charge >= 0.3 is 0 Å². The first-order chi connectivity index (χ1) is 7.89. The molecule has 4 unspecified atom stereocenters. The predicted molar refractivity (Wildman–Crippen MR) is 74.2 cm³/mol. The van der Waals surface area contributed by atoms with Crippen molar-refractivity contribution in [3.63, 3.8) is 0 Å². The van der Waals surface area contributed by atoms with Gasteiger partial charge < -0.3 is 5.32 Å². The maximum atomic E-state index is 3.70. The van der Waals surface area contributed by atoms with Crippen LogP contribution in [0.25, 0.3) is 0 Å². The van der Waals surface area contributed by atoms with Crippen LogP contribution in [0.4, 0.5) is 0 Å². The highest BCUT2D eigenvalue weighted by molar-refractivity contribution is 4.93. The smallest absolute Gasteiger partial charge is 0.0244 e. The molecular weight excluding hydrogens is 208 g/mol. The van der Waals surface area contributed by atoms with Crippen molar-refractivity contribution in [3.8, 4) is 0 Å². The molecule has 2 rings (SSSR count). The van der Waals surface area contributed by atoms with Crippen molar-refractivity contribution in [2.24, 2.45) is 17.3 Å². The van der Waals surface area contributed by atoms with E-state index in [1.54, 1.807) is 0 Å². The third-order valence-corrected chi connectivity index (χ3v) is 5.14. The maximum Gasteiger partial charge on any atom is 0.0244 e. The summed E-state index contributed by atoms with van der Waals surface area (Å²) >= 11 is 0. The molecule has 1 N–H and O–H groups in total. The van der Waals surface area contributed by atoms with Crippen molar-refractivity contribution in [2.75, 3.05) is 19.6 Å². The topological polar surface area (TPSA) is 15.3 Å². The Morgan fingerprint density at radius 2 is 1.82 bits per heavy atom. The van der Waals surface area contributed by atoms with E-state index in [9.17, 15) is 0 Å². The molecule has 0 bridgehead atoms. The zero-order valence-corrected chi connectivity index (χ0v) is 12.3. The van der Waals surface area contributed by atoms with Crippen molar-refractivity contribution in [1.29, 1.82) is 0 Å². The molecule has 100 valence electrons. The number of hydrogen-bond donors (Lipinski definition) is 1. The Kier molecular flexibility index (Phi) is 3.84. The highest BCUT2D eigenvalue weighted by Gasteiger charge is 2.38. The Morgan fingerprint density at radius 3 is 2.35 bits per heavy atom. The van der Waals surface area contributed by atoms with Crippen LogP contribution in [0.1, 0.15) is 47.5 Å². The van der Waals surface area contributed by atoms with Crippen LogP contribution in [0.2, 0.25) is 0 Å². The largest absolute Gasteiger partial charge is 0.311 e. The molecular formula is C15H30N2. The third kappa shape index (κ3) is 2.85. The first kappa shape index (κ1) is 13.4. The van der Waals surface area contributed by atoms with Crippen LogP contribution in [0.15, 0.2) is 0 Å². The van der Waals surface area contributed by atoms with Gasteiger partial charge in [0.2, 0.25) is 0 Å². The minimum atomic E-state index is 0.381. The fourth-order valence-corrected chi connectivity index (χ4v) is 3.51. The molecule has 1 saturated carbocycles. The van der Waals surface area contributed by atoms with Crippen LogP contribution < -0.4 is 5.32 Å². The molecule has 0 amide bonds. The Morgan fingerprint density at radius 1 is 1.12 bits per heavy atom. The molecule has 0 radical (unpaired) electrons. The lowest BCUT2D eigenvalue weighted by Crippen LogP contribution is -2.58. The number of hydrogen-bond acceptors (Lipinski definition) is 2. The van der Waals surface area contributed by atoms with Crippen molar-refractivity contribution in [2.45, 2.75) is 59.5 Å². The van der Waals surface area contributed by atoms with Gasteiger partial charge in [-0.1, -0.05) is 34.6 Å². The number of nitrogens with zero attached hydrogens (tertiary/aromatic N) is 1. The Bertz CT molecular complexity index is 256. The Balaban J connectivity index is 1.98. The highest BCUT2D eigenvalue weighted by Crippen LogP contribution is 2.35. The summed E-state index contributed by atoms with van der Waals surface area (Å²) in [6.07, 6.45) is 2.84. The second-order valence-corrected chi connectivity index (χ2v) is 7.35. The van der Waals surface area contributed by atoms with E-state index in [-0.39, 0.29) is 0 Å². The second-order valence-electron chi connectivity index (χ2n) is 7.35. The Labute approximate surface area is 107 Å². The van der Waals surface area contributed by atoms with E-state index >= 15 is 0 Å². The van der Waals surface area contributed by atoms with E-state index in [1.165, 1.54) is 32.5 Å². The molecule has 17 heavy (non-hydrogen) atoms. The van der Waals surface area contributed by atoms with Crippen LogP contribution in [-0.4, -0.2) is 36.6 Å². The van der Waals surface area contributed by atoms with Crippen LogP contribution in [-0.2, 0) is 0 Å². The van der Waals surface area contributed by atoms with Crippen LogP contribution in [0, 0.1) is 17.3 Å². The van der Waals surface area contributed by atoms with Gasteiger partial charge in [-0.05, 0) is 30.1 Å². The van der Waals surface area contributed by atoms with Crippen LogP contribution >= 0.6 is 0 Å². The minimum absolute atomic E-state index is 0.381. The molecule has 0 aromatic rings. The quantitative estimate of drug-likeness (QED) is 0.755. The molecule has 2 nitrogen and oxygen atoms in total. The second kappa shape index (κ2) is 4.89. The van der Waals surface area contributed by atoms with E-state index < -0.39 is 0 Å². The summed E-state index contributed by atoms with van der Waals surface area (Å²) in [7, 11) is 0. The summed E-state index contributed by atoms with van der Waals surface area (Å²) in [6.45, 7) is 15.6. The molecule has 4 atom stereocenters. The normalized spacial score (nSPS) is 40.8. The van der Waals surface area contributed by atoms with Gasteiger partial charge in [0, 0.05) is 31.7 Å². The lowest BCUT2D eigenvalue weighted by molar-refractivity contribution is 0.0800. The lowest BCUT2D eigenvalue weighted by Gasteiger charge is -2.44. The molecule has 1 heterocycles. The Hall–Kier alpha value is -0.0800. The molecule has 1 aliphatic carbocycles. The van der Waals surface area contributed by atoms with Crippen molar-refractivity contribution >= 4 is 0 Å². The van der Waals surface area contributed by atoms with Crippen molar-refractivity contribution in [1.82, 2.24) is 10.2 Å². The molecule has 0 spiro atoms. The molecule has 0 aromatic carbocycles. The third-order valence-electron chi connectivity index (χ3n) is 5.14. The van der Waals surface area contributed by atoms with Gasteiger partial charge in [-0.3, -0.25) is 4.90 Å². The van der Waals surface area contributed by atoms with Crippen LogP contribution in [0.5, 0.6) is 0 Å². The van der Waals surface area contributed by atoms with Gasteiger partial charge in [0.15, 0.2) is 0 Å². The van der Waals surface area contributed by atoms with Crippen LogP contribution in [0.3, 0.4) is 0 Å². The number of piperazine rings is 1. The first-order valence-corrected chi connectivity index (χ1v) is 7.37. The summed E-state index contributed by atoms with van der Waals surface area (Å²) in [4.78, 5) is 2.76. The molecule has 1 saturated heterocycles. The lowest BCUT2D eigenvalue weighted by atomic mass is 9.84. The summed E-state index contributed by atoms with van der Waals surface area (Å²) in [6, 6.07) is 1.50. The number of nitrogens with one attached hydrogen (secondary N) is 1. The molecule has 1 aliphatic heterocycles. The zero-order chi connectivity index (χ0) is 12.6. The first-order valence-electron chi connectivity index (χ1n) is 7.37. The van der Waals surface area contributed by atoms with Gasteiger partial charge in [0.1, 0.15) is 0 Å². The van der Waals surface area contributed by atoms with E-state index in [4.69, 9.17) is 0 Å². The van der Waals surface area contributed by atoms with Gasteiger partial charge in [0.05, 0.1) is 0 Å². The van der Waals surface area contributed by atoms with E-state index in [0.717, 1.165) is 17.9 Å². The highest BCUT2D eigenvalue weighted by atomic mass is 15.2. The average Bonchev–Trinajstić information content (AvgIpc) is 2.59. The molecule has 2 heteroatoms. The van der Waals surface area contributed by atoms with Gasteiger partial charge in [0.25, 0.3) is 0 Å². The summed E-state index contributed by atoms with van der Waals surface area (Å²) in [5.41, 5.74) is 0.381. The zero-order valence-electron chi connectivity index (χ0n) is 12.3. The van der Waals surface area contributed by atoms with Crippen molar-refractivity contribution < 1.29 is 0 Å². The van der Waals surface area contributed by atoms with E-state index in [0.29, 0.717) is 11.5 Å².